The highest BCUT2D eigenvalue weighted by molar-refractivity contribution is 5.96. The van der Waals surface area contributed by atoms with Crippen molar-refractivity contribution in [2.24, 2.45) is 4.99 Å². The molecule has 22 heavy (non-hydrogen) atoms. The maximum Gasteiger partial charge on any atom is 0.416 e. The number of halogens is 3. The van der Waals surface area contributed by atoms with E-state index in [2.05, 4.69) is 15.2 Å². The van der Waals surface area contributed by atoms with Crippen LogP contribution in [0.3, 0.4) is 0 Å². The van der Waals surface area contributed by atoms with Gasteiger partial charge in [-0.2, -0.15) is 18.3 Å². The summed E-state index contributed by atoms with van der Waals surface area (Å²) in [5.74, 6) is 0. The number of aromatic amines is 1. The van der Waals surface area contributed by atoms with Crippen LogP contribution >= 0.6 is 0 Å². The first kappa shape index (κ1) is 13.1. The number of alkyl halides is 3. The molecule has 0 saturated carbocycles. The van der Waals surface area contributed by atoms with E-state index in [1.54, 1.807) is 18.5 Å². The van der Waals surface area contributed by atoms with Crippen LogP contribution in [0.1, 0.15) is 16.7 Å². The predicted molar refractivity (Wildman–Crippen MR) is 77.8 cm³/mol. The summed E-state index contributed by atoms with van der Waals surface area (Å²) in [7, 11) is 0. The van der Waals surface area contributed by atoms with Crippen LogP contribution in [-0.2, 0) is 12.7 Å². The molecule has 0 saturated heterocycles. The first-order chi connectivity index (χ1) is 10.5. The fraction of sp³-hybridized carbons (Fsp3) is 0.125. The Balaban J connectivity index is 1.96. The van der Waals surface area contributed by atoms with Gasteiger partial charge in [0, 0.05) is 17.2 Å². The van der Waals surface area contributed by atoms with E-state index in [-0.39, 0.29) is 0 Å². The van der Waals surface area contributed by atoms with Gasteiger partial charge in [0.15, 0.2) is 0 Å². The molecule has 1 aliphatic heterocycles. The van der Waals surface area contributed by atoms with E-state index in [9.17, 15) is 13.2 Å². The van der Waals surface area contributed by atoms with Gasteiger partial charge in [-0.25, -0.2) is 0 Å². The fourth-order valence-electron chi connectivity index (χ4n) is 2.74. The molecule has 2 heterocycles. The molecule has 0 spiro atoms. The van der Waals surface area contributed by atoms with Crippen molar-refractivity contribution < 1.29 is 13.2 Å². The van der Waals surface area contributed by atoms with Gasteiger partial charge >= 0.3 is 6.18 Å². The summed E-state index contributed by atoms with van der Waals surface area (Å²) in [4.78, 5) is 4.10. The number of aliphatic imine (C=N–C) groups is 1. The van der Waals surface area contributed by atoms with E-state index in [0.29, 0.717) is 17.7 Å². The van der Waals surface area contributed by atoms with Crippen LogP contribution < -0.4 is 0 Å². The van der Waals surface area contributed by atoms with Gasteiger partial charge in [0.1, 0.15) is 0 Å². The fourth-order valence-corrected chi connectivity index (χ4v) is 2.74. The smallest absolute Gasteiger partial charge is 0.288 e. The molecule has 110 valence electrons. The first-order valence-corrected chi connectivity index (χ1v) is 6.70. The highest BCUT2D eigenvalue weighted by atomic mass is 19.4. The van der Waals surface area contributed by atoms with Crippen molar-refractivity contribution in [1.29, 1.82) is 0 Å². The minimum absolute atomic E-state index is 0.292. The van der Waals surface area contributed by atoms with Gasteiger partial charge in [0.25, 0.3) is 0 Å². The lowest BCUT2D eigenvalue weighted by Gasteiger charge is -2.13. The number of H-pyrrole nitrogens is 1. The summed E-state index contributed by atoms with van der Waals surface area (Å²) in [6.07, 6.45) is -1.07. The molecule has 0 atom stereocenters. The second-order valence-corrected chi connectivity index (χ2v) is 5.24. The van der Waals surface area contributed by atoms with E-state index >= 15 is 0 Å². The Morgan fingerprint density at radius 3 is 2.77 bits per heavy atom. The lowest BCUT2D eigenvalue weighted by Crippen LogP contribution is -2.07. The van der Waals surface area contributed by atoms with Crippen LogP contribution in [0.5, 0.6) is 0 Å². The molecule has 1 aromatic heterocycles. The number of fused-ring (bicyclic) bond motifs is 2. The third kappa shape index (κ3) is 1.99. The summed E-state index contributed by atoms with van der Waals surface area (Å²) in [6.45, 7) is 0.292. The maximum atomic E-state index is 13.1. The van der Waals surface area contributed by atoms with Crippen molar-refractivity contribution in [3.05, 3.63) is 53.2 Å². The molecule has 6 heteroatoms. The van der Waals surface area contributed by atoms with Crippen molar-refractivity contribution in [2.75, 3.05) is 0 Å². The number of hydrogen-bond donors (Lipinski definition) is 1. The molecule has 3 aromatic rings. The number of benzene rings is 2. The van der Waals surface area contributed by atoms with E-state index in [1.165, 1.54) is 12.1 Å². The van der Waals surface area contributed by atoms with Crippen molar-refractivity contribution >= 4 is 17.1 Å². The minimum Gasteiger partial charge on any atom is -0.288 e. The third-order valence-corrected chi connectivity index (χ3v) is 3.83. The zero-order valence-corrected chi connectivity index (χ0v) is 11.3. The number of rotatable bonds is 1. The van der Waals surface area contributed by atoms with Crippen LogP contribution in [-0.4, -0.2) is 16.4 Å². The Kier molecular flexibility index (Phi) is 2.63. The number of nitrogens with zero attached hydrogens (tertiary/aromatic N) is 2. The molecule has 0 aliphatic carbocycles. The van der Waals surface area contributed by atoms with Gasteiger partial charge in [-0.3, -0.25) is 10.1 Å². The van der Waals surface area contributed by atoms with Crippen LogP contribution in [0.4, 0.5) is 13.2 Å². The Labute approximate surface area is 123 Å². The molecule has 4 rings (SSSR count). The van der Waals surface area contributed by atoms with Gasteiger partial charge in [-0.05, 0) is 41.0 Å². The molecule has 1 N–H and O–H groups in total. The van der Waals surface area contributed by atoms with Gasteiger partial charge in [-0.1, -0.05) is 6.07 Å². The van der Waals surface area contributed by atoms with Crippen molar-refractivity contribution in [2.45, 2.75) is 12.7 Å². The second-order valence-electron chi connectivity index (χ2n) is 5.24. The first-order valence-electron chi connectivity index (χ1n) is 6.70. The molecular weight excluding hydrogens is 291 g/mol. The SMILES string of the molecule is FC(F)(F)c1cc2c(c(-c3ccc4[nH]ncc4c3)c1)C=NC2. The van der Waals surface area contributed by atoms with Crippen LogP contribution in [0.2, 0.25) is 0 Å². The lowest BCUT2D eigenvalue weighted by molar-refractivity contribution is -0.137. The van der Waals surface area contributed by atoms with Crippen LogP contribution in [0.15, 0.2) is 41.5 Å². The third-order valence-electron chi connectivity index (χ3n) is 3.83. The molecule has 3 nitrogen and oxygen atoms in total. The summed E-state index contributed by atoms with van der Waals surface area (Å²) < 4.78 is 39.3. The van der Waals surface area contributed by atoms with Crippen molar-refractivity contribution in [3.8, 4) is 11.1 Å². The standard InChI is InChI=1S/C16H10F3N3/c17-16(18,19)12-4-10-6-20-8-14(10)13(5-12)9-1-2-15-11(3-9)7-21-22-15/h1-5,7-8H,6H2,(H,21,22). The zero-order valence-electron chi connectivity index (χ0n) is 11.3. The molecule has 0 amide bonds. The Hall–Kier alpha value is -2.63. The molecule has 0 unspecified atom stereocenters. The van der Waals surface area contributed by atoms with Crippen molar-refractivity contribution in [3.63, 3.8) is 0 Å². The largest absolute Gasteiger partial charge is 0.416 e. The number of aromatic nitrogens is 2. The van der Waals surface area contributed by atoms with E-state index in [4.69, 9.17) is 0 Å². The Bertz CT molecular complexity index is 907. The van der Waals surface area contributed by atoms with Gasteiger partial charge in [0.2, 0.25) is 0 Å². The topological polar surface area (TPSA) is 41.0 Å². The van der Waals surface area contributed by atoms with Crippen LogP contribution in [0.25, 0.3) is 22.0 Å². The second kappa shape index (κ2) is 4.43. The van der Waals surface area contributed by atoms with E-state index < -0.39 is 11.7 Å². The predicted octanol–water partition coefficient (Wildman–Crippen LogP) is 4.18. The Morgan fingerprint density at radius 1 is 1.09 bits per heavy atom. The molecule has 1 aliphatic rings. The minimum atomic E-state index is -4.37. The van der Waals surface area contributed by atoms with E-state index in [1.807, 2.05) is 12.1 Å². The summed E-state index contributed by atoms with van der Waals surface area (Å²) in [5.41, 5.74) is 2.85. The average molecular weight is 301 g/mol. The normalized spacial score (nSPS) is 13.8. The van der Waals surface area contributed by atoms with Gasteiger partial charge in [0.05, 0.1) is 23.8 Å². The quantitative estimate of drug-likeness (QED) is 0.719. The molecule has 0 radical (unpaired) electrons. The number of nitrogens with one attached hydrogen (secondary N) is 1. The summed E-state index contributed by atoms with van der Waals surface area (Å²) in [6, 6.07) is 7.82. The van der Waals surface area contributed by atoms with Crippen LogP contribution in [0, 0.1) is 0 Å². The molecule has 2 aromatic carbocycles. The maximum absolute atomic E-state index is 13.1. The molecule has 0 fully saturated rings. The molecule has 0 bridgehead atoms. The van der Waals surface area contributed by atoms with Gasteiger partial charge in [-0.15, -0.1) is 0 Å². The van der Waals surface area contributed by atoms with E-state index in [0.717, 1.165) is 22.0 Å². The highest BCUT2D eigenvalue weighted by Crippen LogP contribution is 2.37. The summed E-state index contributed by atoms with van der Waals surface area (Å²) in [5, 5.41) is 7.62. The van der Waals surface area contributed by atoms with Crippen molar-refractivity contribution in [1.82, 2.24) is 10.2 Å². The average Bonchev–Trinajstić information content (AvgIpc) is 3.13. The zero-order chi connectivity index (χ0) is 15.3. The molecular formula is C16H10F3N3. The number of hydrogen-bond acceptors (Lipinski definition) is 2. The highest BCUT2D eigenvalue weighted by Gasteiger charge is 2.32. The van der Waals surface area contributed by atoms with Gasteiger partial charge < -0.3 is 0 Å². The summed E-state index contributed by atoms with van der Waals surface area (Å²) >= 11 is 0. The lowest BCUT2D eigenvalue weighted by atomic mass is 9.93. The Morgan fingerprint density at radius 2 is 1.95 bits per heavy atom. The monoisotopic (exact) mass is 301 g/mol.